The Morgan fingerprint density at radius 1 is 1.13 bits per heavy atom. The molecule has 0 fully saturated rings. The number of hydrogen-bond donors (Lipinski definition) is 1. The summed E-state index contributed by atoms with van der Waals surface area (Å²) in [6.07, 6.45) is 3.34. The Kier molecular flexibility index (Phi) is 5.94. The molecule has 0 atom stereocenters. The number of hydrogen-bond acceptors (Lipinski definition) is 4. The Hall–Kier alpha value is -3.08. The van der Waals surface area contributed by atoms with Crippen molar-refractivity contribution in [2.24, 2.45) is 10.9 Å². The van der Waals surface area contributed by atoms with Gasteiger partial charge in [0.25, 0.3) is 0 Å². The van der Waals surface area contributed by atoms with Crippen molar-refractivity contribution < 1.29 is 14.4 Å². The molecular weight excluding hydrogens is 292 g/mol. The highest BCUT2D eigenvalue weighted by molar-refractivity contribution is 5.88. The van der Waals surface area contributed by atoms with Crippen LogP contribution >= 0.6 is 0 Å². The van der Waals surface area contributed by atoms with Crippen molar-refractivity contribution in [3.63, 3.8) is 0 Å². The Balaban J connectivity index is 1.85. The third kappa shape index (κ3) is 5.67. The lowest BCUT2D eigenvalue weighted by Crippen LogP contribution is -2.16. The first-order valence-corrected chi connectivity index (χ1v) is 7.07. The van der Waals surface area contributed by atoms with Crippen molar-refractivity contribution >= 4 is 17.9 Å². The summed E-state index contributed by atoms with van der Waals surface area (Å²) >= 11 is 0. The van der Waals surface area contributed by atoms with E-state index in [0.717, 1.165) is 16.9 Å². The van der Waals surface area contributed by atoms with Crippen molar-refractivity contribution in [3.05, 3.63) is 71.8 Å². The predicted octanol–water partition coefficient (Wildman–Crippen LogP) is 2.77. The van der Waals surface area contributed by atoms with Gasteiger partial charge in [-0.1, -0.05) is 47.6 Å². The number of ether oxygens (including phenoxy) is 1. The lowest BCUT2D eigenvalue weighted by atomic mass is 10.1. The fraction of sp³-hybridized carbons (Fsp3) is 0.111. The molecule has 0 bridgehead atoms. The average Bonchev–Trinajstić information content (AvgIpc) is 2.60. The van der Waals surface area contributed by atoms with Gasteiger partial charge in [0.1, 0.15) is 11.6 Å². The highest BCUT2D eigenvalue weighted by Crippen LogP contribution is 2.11. The summed E-state index contributed by atoms with van der Waals surface area (Å²) in [6.45, 7) is 0. The molecular formula is C18H18N2O3. The maximum atomic E-state index is 11.6. The topological polar surface area (TPSA) is 73.9 Å². The summed E-state index contributed by atoms with van der Waals surface area (Å²) in [5.74, 6) is 0.407. The Labute approximate surface area is 135 Å². The minimum atomic E-state index is -0.577. The van der Waals surface area contributed by atoms with Crippen LogP contribution < -0.4 is 10.5 Å². The van der Waals surface area contributed by atoms with Crippen molar-refractivity contribution in [2.45, 2.75) is 6.42 Å². The number of rotatable bonds is 6. The van der Waals surface area contributed by atoms with Crippen LogP contribution in [0.2, 0.25) is 0 Å². The van der Waals surface area contributed by atoms with Gasteiger partial charge in [-0.05, 0) is 29.3 Å². The van der Waals surface area contributed by atoms with Crippen molar-refractivity contribution in [2.75, 3.05) is 7.11 Å². The first-order valence-electron chi connectivity index (χ1n) is 7.07. The van der Waals surface area contributed by atoms with E-state index in [4.69, 9.17) is 15.3 Å². The first-order chi connectivity index (χ1) is 11.2. The molecule has 0 unspecified atom stereocenters. The van der Waals surface area contributed by atoms with Gasteiger partial charge in [0.15, 0.2) is 0 Å². The summed E-state index contributed by atoms with van der Waals surface area (Å²) in [7, 11) is 1.60. The van der Waals surface area contributed by atoms with E-state index in [1.165, 1.54) is 6.08 Å². The first kappa shape index (κ1) is 16.3. The Morgan fingerprint density at radius 3 is 2.48 bits per heavy atom. The van der Waals surface area contributed by atoms with E-state index >= 15 is 0 Å². The standard InChI is InChI=1S/C18H18N2O3/c1-22-16-10-7-15(8-11-16)13-17(19)20-23-18(21)12-9-14-5-3-2-4-6-14/h2-12H,13H2,1H3,(H2,19,20). The molecule has 0 amide bonds. The van der Waals surface area contributed by atoms with Crippen molar-refractivity contribution in [1.82, 2.24) is 0 Å². The third-order valence-electron chi connectivity index (χ3n) is 3.01. The van der Waals surface area contributed by atoms with Crippen LogP contribution in [0.4, 0.5) is 0 Å². The van der Waals surface area contributed by atoms with Gasteiger partial charge in [-0.15, -0.1) is 0 Å². The molecule has 0 heterocycles. The molecule has 5 heteroatoms. The van der Waals surface area contributed by atoms with E-state index in [-0.39, 0.29) is 5.84 Å². The molecule has 2 rings (SSSR count). The smallest absolute Gasteiger partial charge is 0.358 e. The van der Waals surface area contributed by atoms with Crippen LogP contribution in [0.25, 0.3) is 6.08 Å². The van der Waals surface area contributed by atoms with E-state index in [9.17, 15) is 4.79 Å². The maximum absolute atomic E-state index is 11.6. The average molecular weight is 310 g/mol. The zero-order chi connectivity index (χ0) is 16.5. The highest BCUT2D eigenvalue weighted by atomic mass is 16.7. The van der Waals surface area contributed by atoms with Gasteiger partial charge in [-0.25, -0.2) is 4.79 Å². The van der Waals surface area contributed by atoms with Gasteiger partial charge < -0.3 is 15.3 Å². The molecule has 0 saturated heterocycles. The number of carbonyl (C=O) groups is 1. The van der Waals surface area contributed by atoms with Crippen LogP contribution in [0.1, 0.15) is 11.1 Å². The van der Waals surface area contributed by atoms with Crippen LogP contribution in [0, 0.1) is 0 Å². The molecule has 0 aliphatic heterocycles. The van der Waals surface area contributed by atoms with Crippen LogP contribution in [0.3, 0.4) is 0 Å². The lowest BCUT2D eigenvalue weighted by Gasteiger charge is -2.02. The Morgan fingerprint density at radius 2 is 1.83 bits per heavy atom. The minimum Gasteiger partial charge on any atom is -0.497 e. The summed E-state index contributed by atoms with van der Waals surface area (Å²) in [5, 5.41) is 3.64. The van der Waals surface area contributed by atoms with Crippen LogP contribution in [0.5, 0.6) is 5.75 Å². The summed E-state index contributed by atoms with van der Waals surface area (Å²) in [4.78, 5) is 16.3. The van der Waals surface area contributed by atoms with Gasteiger partial charge in [0.05, 0.1) is 7.11 Å². The largest absolute Gasteiger partial charge is 0.497 e. The van der Waals surface area contributed by atoms with Crippen molar-refractivity contribution in [3.8, 4) is 5.75 Å². The lowest BCUT2D eigenvalue weighted by molar-refractivity contribution is -0.137. The molecule has 23 heavy (non-hydrogen) atoms. The zero-order valence-electron chi connectivity index (χ0n) is 12.8. The molecule has 2 aromatic rings. The second-order valence-electron chi connectivity index (χ2n) is 4.76. The molecule has 2 N–H and O–H groups in total. The summed E-state index contributed by atoms with van der Waals surface area (Å²) < 4.78 is 5.08. The van der Waals surface area contributed by atoms with E-state index in [2.05, 4.69) is 5.16 Å². The summed E-state index contributed by atoms with van der Waals surface area (Å²) in [6, 6.07) is 16.8. The third-order valence-corrected chi connectivity index (χ3v) is 3.01. The number of benzene rings is 2. The molecule has 5 nitrogen and oxygen atoms in total. The van der Waals surface area contributed by atoms with Crippen LogP contribution in [-0.2, 0) is 16.1 Å². The minimum absolute atomic E-state index is 0.219. The maximum Gasteiger partial charge on any atom is 0.358 e. The SMILES string of the molecule is COc1ccc(C/C(N)=N/OC(=O)C=Cc2ccccc2)cc1. The van der Waals surface area contributed by atoms with Gasteiger partial charge in [-0.3, -0.25) is 0 Å². The normalized spacial score (nSPS) is 11.4. The molecule has 0 spiro atoms. The van der Waals surface area contributed by atoms with E-state index in [1.54, 1.807) is 13.2 Å². The molecule has 0 saturated carbocycles. The molecule has 2 aromatic carbocycles. The number of oxime groups is 1. The van der Waals surface area contributed by atoms with E-state index < -0.39 is 5.97 Å². The number of carbonyl (C=O) groups excluding carboxylic acids is 1. The van der Waals surface area contributed by atoms with Crippen LogP contribution in [0.15, 0.2) is 65.8 Å². The van der Waals surface area contributed by atoms with Gasteiger partial charge >= 0.3 is 5.97 Å². The summed E-state index contributed by atoms with van der Waals surface area (Å²) in [5.41, 5.74) is 7.60. The molecule has 0 radical (unpaired) electrons. The van der Waals surface area contributed by atoms with Crippen molar-refractivity contribution in [1.29, 1.82) is 0 Å². The van der Waals surface area contributed by atoms with Gasteiger partial charge in [0, 0.05) is 12.5 Å². The molecule has 0 aliphatic rings. The number of amidine groups is 1. The molecule has 0 aliphatic carbocycles. The number of nitrogens with two attached hydrogens (primary N) is 1. The second kappa shape index (κ2) is 8.38. The number of methoxy groups -OCH3 is 1. The fourth-order valence-corrected chi connectivity index (χ4v) is 1.85. The molecule has 118 valence electrons. The fourth-order valence-electron chi connectivity index (χ4n) is 1.85. The highest BCUT2D eigenvalue weighted by Gasteiger charge is 2.01. The predicted molar refractivity (Wildman–Crippen MR) is 89.9 cm³/mol. The van der Waals surface area contributed by atoms with E-state index in [0.29, 0.717) is 6.42 Å². The zero-order valence-corrected chi connectivity index (χ0v) is 12.8. The second-order valence-corrected chi connectivity index (χ2v) is 4.76. The van der Waals surface area contributed by atoms with Gasteiger partial charge in [-0.2, -0.15) is 0 Å². The van der Waals surface area contributed by atoms with E-state index in [1.807, 2.05) is 54.6 Å². The monoisotopic (exact) mass is 310 g/mol. The van der Waals surface area contributed by atoms with Gasteiger partial charge in [0.2, 0.25) is 0 Å². The molecule has 0 aromatic heterocycles. The Bertz CT molecular complexity index is 692. The quantitative estimate of drug-likeness (QED) is 0.293. The van der Waals surface area contributed by atoms with Crippen LogP contribution in [-0.4, -0.2) is 18.9 Å². The number of nitrogens with zero attached hydrogens (tertiary/aromatic N) is 1.